The average Bonchev–Trinajstić information content (AvgIpc) is 2.10. The van der Waals surface area contributed by atoms with Gasteiger partial charge in [0.15, 0.2) is 0 Å². The highest BCUT2D eigenvalue weighted by molar-refractivity contribution is 4.84. The smallest absolute Gasteiger partial charge is 0.0622 e. The minimum Gasteiger partial charge on any atom is -0.390 e. The topological polar surface area (TPSA) is 20.2 Å². The lowest BCUT2D eigenvalue weighted by molar-refractivity contribution is 0.0634. The molecule has 2 atom stereocenters. The van der Waals surface area contributed by atoms with Crippen LogP contribution < -0.4 is 0 Å². The molecule has 0 aromatic heterocycles. The van der Waals surface area contributed by atoms with Crippen LogP contribution in [-0.4, -0.2) is 10.7 Å². The first-order valence-electron chi connectivity index (χ1n) is 3.86. The summed E-state index contributed by atoms with van der Waals surface area (Å²) < 4.78 is 0. The van der Waals surface area contributed by atoms with Gasteiger partial charge in [0.25, 0.3) is 0 Å². The predicted molar refractivity (Wildman–Crippen MR) is 38.3 cm³/mol. The van der Waals surface area contributed by atoms with Crippen LogP contribution in [0.2, 0.25) is 0 Å². The van der Waals surface area contributed by atoms with Gasteiger partial charge in [0.2, 0.25) is 0 Å². The first-order valence-corrected chi connectivity index (χ1v) is 3.86. The van der Waals surface area contributed by atoms with E-state index in [1.165, 1.54) is 12.8 Å². The van der Waals surface area contributed by atoms with Gasteiger partial charge >= 0.3 is 0 Å². The van der Waals surface area contributed by atoms with Gasteiger partial charge in [-0.3, -0.25) is 0 Å². The van der Waals surface area contributed by atoms with E-state index in [-0.39, 0.29) is 5.60 Å². The fourth-order valence-corrected chi connectivity index (χ4v) is 1.69. The number of rotatable bonds is 1. The molecule has 0 heterocycles. The Morgan fingerprint density at radius 3 is 2.56 bits per heavy atom. The highest BCUT2D eigenvalue weighted by Gasteiger charge is 2.31. The summed E-state index contributed by atoms with van der Waals surface area (Å²) in [5.74, 6) is 0.792. The molecule has 1 N–H and O–H groups in total. The normalized spacial score (nSPS) is 43.7. The first-order chi connectivity index (χ1) is 4.14. The molecule has 1 rings (SSSR count). The van der Waals surface area contributed by atoms with Crippen molar-refractivity contribution in [3.63, 3.8) is 0 Å². The second kappa shape index (κ2) is 2.30. The Balaban J connectivity index is 2.38. The van der Waals surface area contributed by atoms with Gasteiger partial charge in [-0.1, -0.05) is 13.3 Å². The van der Waals surface area contributed by atoms with Gasteiger partial charge in [0.05, 0.1) is 5.60 Å². The van der Waals surface area contributed by atoms with Gasteiger partial charge in [-0.05, 0) is 32.1 Å². The van der Waals surface area contributed by atoms with Gasteiger partial charge in [-0.25, -0.2) is 0 Å². The summed E-state index contributed by atoms with van der Waals surface area (Å²) in [6, 6.07) is 0. The lowest BCUT2D eigenvalue weighted by atomic mass is 10.0. The van der Waals surface area contributed by atoms with Crippen molar-refractivity contribution in [3.8, 4) is 0 Å². The summed E-state index contributed by atoms with van der Waals surface area (Å²) in [5, 5.41) is 9.50. The number of hydrogen-bond donors (Lipinski definition) is 1. The Morgan fingerprint density at radius 1 is 1.67 bits per heavy atom. The standard InChI is InChI=1S/C8H16O/c1-3-7-4-5-8(2,9)6-7/h7,9H,3-6H2,1-2H3/t7-,8?/m0/s1. The van der Waals surface area contributed by atoms with Crippen molar-refractivity contribution in [1.29, 1.82) is 0 Å². The predicted octanol–water partition coefficient (Wildman–Crippen LogP) is 1.95. The lowest BCUT2D eigenvalue weighted by Crippen LogP contribution is -2.18. The van der Waals surface area contributed by atoms with E-state index >= 15 is 0 Å². The Labute approximate surface area is 57.1 Å². The molecule has 1 fully saturated rings. The summed E-state index contributed by atoms with van der Waals surface area (Å²) in [5.41, 5.74) is -0.333. The van der Waals surface area contributed by atoms with Crippen molar-refractivity contribution >= 4 is 0 Å². The zero-order chi connectivity index (χ0) is 6.91. The van der Waals surface area contributed by atoms with E-state index in [0.717, 1.165) is 18.8 Å². The van der Waals surface area contributed by atoms with E-state index < -0.39 is 0 Å². The molecule has 1 saturated carbocycles. The first kappa shape index (κ1) is 7.07. The molecule has 0 aromatic rings. The molecule has 1 unspecified atom stereocenters. The second-order valence-electron chi connectivity index (χ2n) is 3.51. The molecule has 0 saturated heterocycles. The van der Waals surface area contributed by atoms with Crippen LogP contribution in [0.4, 0.5) is 0 Å². The third kappa shape index (κ3) is 1.68. The van der Waals surface area contributed by atoms with Gasteiger partial charge in [0.1, 0.15) is 0 Å². The van der Waals surface area contributed by atoms with Crippen LogP contribution in [0.15, 0.2) is 0 Å². The van der Waals surface area contributed by atoms with Crippen LogP contribution in [-0.2, 0) is 0 Å². The zero-order valence-electron chi connectivity index (χ0n) is 6.35. The largest absolute Gasteiger partial charge is 0.390 e. The third-order valence-electron chi connectivity index (χ3n) is 2.40. The third-order valence-corrected chi connectivity index (χ3v) is 2.40. The minimum atomic E-state index is -0.333. The highest BCUT2D eigenvalue weighted by atomic mass is 16.3. The van der Waals surface area contributed by atoms with E-state index in [9.17, 15) is 5.11 Å². The van der Waals surface area contributed by atoms with E-state index in [4.69, 9.17) is 0 Å². The van der Waals surface area contributed by atoms with Crippen LogP contribution >= 0.6 is 0 Å². The van der Waals surface area contributed by atoms with Crippen molar-refractivity contribution in [3.05, 3.63) is 0 Å². The van der Waals surface area contributed by atoms with Gasteiger partial charge in [0, 0.05) is 0 Å². The van der Waals surface area contributed by atoms with Gasteiger partial charge in [-0.2, -0.15) is 0 Å². The fraction of sp³-hybridized carbons (Fsp3) is 1.00. The van der Waals surface area contributed by atoms with Crippen molar-refractivity contribution in [2.24, 2.45) is 5.92 Å². The molecule has 0 aliphatic heterocycles. The van der Waals surface area contributed by atoms with E-state index in [2.05, 4.69) is 6.92 Å². The number of hydrogen-bond acceptors (Lipinski definition) is 1. The van der Waals surface area contributed by atoms with E-state index in [1.807, 2.05) is 6.92 Å². The Morgan fingerprint density at radius 2 is 2.33 bits per heavy atom. The van der Waals surface area contributed by atoms with Crippen LogP contribution in [0.1, 0.15) is 39.5 Å². The highest BCUT2D eigenvalue weighted by Crippen LogP contribution is 2.35. The van der Waals surface area contributed by atoms with Crippen molar-refractivity contribution in [2.45, 2.75) is 45.1 Å². The maximum Gasteiger partial charge on any atom is 0.0622 e. The van der Waals surface area contributed by atoms with Gasteiger partial charge < -0.3 is 5.11 Å². The Bertz CT molecular complexity index is 96.7. The number of aliphatic hydroxyl groups is 1. The van der Waals surface area contributed by atoms with E-state index in [1.54, 1.807) is 0 Å². The van der Waals surface area contributed by atoms with Crippen LogP contribution in [0.3, 0.4) is 0 Å². The summed E-state index contributed by atoms with van der Waals surface area (Å²) in [6.45, 7) is 4.15. The summed E-state index contributed by atoms with van der Waals surface area (Å²) >= 11 is 0. The van der Waals surface area contributed by atoms with Gasteiger partial charge in [-0.15, -0.1) is 0 Å². The monoisotopic (exact) mass is 128 g/mol. The van der Waals surface area contributed by atoms with Crippen molar-refractivity contribution in [2.75, 3.05) is 0 Å². The zero-order valence-corrected chi connectivity index (χ0v) is 6.35. The van der Waals surface area contributed by atoms with Crippen molar-refractivity contribution in [1.82, 2.24) is 0 Å². The minimum absolute atomic E-state index is 0.333. The molecular formula is C8H16O. The van der Waals surface area contributed by atoms with Crippen LogP contribution in [0.25, 0.3) is 0 Å². The molecule has 54 valence electrons. The van der Waals surface area contributed by atoms with Crippen LogP contribution in [0, 0.1) is 5.92 Å². The molecule has 0 amide bonds. The summed E-state index contributed by atoms with van der Waals surface area (Å²) in [6.07, 6.45) is 4.48. The summed E-state index contributed by atoms with van der Waals surface area (Å²) in [4.78, 5) is 0. The average molecular weight is 128 g/mol. The molecule has 1 heteroatoms. The molecular weight excluding hydrogens is 112 g/mol. The maximum atomic E-state index is 9.50. The van der Waals surface area contributed by atoms with Crippen molar-refractivity contribution < 1.29 is 5.11 Å². The SMILES string of the molecule is CC[C@H]1CCC(C)(O)C1. The Hall–Kier alpha value is -0.0400. The molecule has 1 aliphatic carbocycles. The lowest BCUT2D eigenvalue weighted by Gasteiger charge is -2.14. The quantitative estimate of drug-likeness (QED) is 0.572. The molecule has 9 heavy (non-hydrogen) atoms. The maximum absolute atomic E-state index is 9.50. The Kier molecular flexibility index (Phi) is 1.80. The molecule has 0 aromatic carbocycles. The molecule has 0 bridgehead atoms. The fourth-order valence-electron chi connectivity index (χ4n) is 1.69. The molecule has 0 spiro atoms. The molecule has 1 aliphatic rings. The molecule has 0 radical (unpaired) electrons. The van der Waals surface area contributed by atoms with Crippen LogP contribution in [0.5, 0.6) is 0 Å². The van der Waals surface area contributed by atoms with E-state index in [0.29, 0.717) is 0 Å². The summed E-state index contributed by atoms with van der Waals surface area (Å²) in [7, 11) is 0. The molecule has 1 nitrogen and oxygen atoms in total. The second-order valence-corrected chi connectivity index (χ2v) is 3.51.